The third-order valence-corrected chi connectivity index (χ3v) is 13.9. The lowest BCUT2D eigenvalue weighted by Gasteiger charge is -2.25. The van der Waals surface area contributed by atoms with Crippen LogP contribution in [0.2, 0.25) is 0 Å². The summed E-state index contributed by atoms with van der Waals surface area (Å²) >= 11 is 0. The first-order valence-corrected chi connectivity index (χ1v) is 35.5. The Bertz CT molecular complexity index is 2380. The van der Waals surface area contributed by atoms with Crippen molar-refractivity contribution >= 4 is 17.9 Å². The molecule has 0 amide bonds. The highest BCUT2D eigenvalue weighted by atomic mass is 16.7. The number of carboxylic acid groups (broad SMARTS) is 1. The zero-order chi connectivity index (χ0) is 67.5. The van der Waals surface area contributed by atoms with E-state index in [0.717, 1.165) is 161 Å². The quantitative estimate of drug-likeness (QED) is 0.0211. The number of hydrogen-bond donors (Lipinski definition) is 1. The van der Waals surface area contributed by atoms with Crippen LogP contribution in [-0.2, 0) is 33.3 Å². The molecule has 0 aromatic heterocycles. The van der Waals surface area contributed by atoms with Gasteiger partial charge < -0.3 is 28.5 Å². The highest BCUT2D eigenvalue weighted by Crippen LogP contribution is 2.13. The number of nitrogens with zero attached hydrogens (tertiary/aromatic N) is 1. The van der Waals surface area contributed by atoms with Gasteiger partial charge in [-0.25, -0.2) is 4.79 Å². The molecule has 2 unspecified atom stereocenters. The molecule has 0 radical (unpaired) electrons. The summed E-state index contributed by atoms with van der Waals surface area (Å²) in [6.07, 6.45) is 112. The van der Waals surface area contributed by atoms with Gasteiger partial charge in [0.2, 0.25) is 0 Å². The second-order valence-corrected chi connectivity index (χ2v) is 23.7. The predicted molar refractivity (Wildman–Crippen MR) is 400 cm³/mol. The van der Waals surface area contributed by atoms with Crippen molar-refractivity contribution in [2.24, 2.45) is 0 Å². The molecule has 0 aliphatic rings. The molecule has 9 nitrogen and oxygen atoms in total. The first-order chi connectivity index (χ1) is 45.6. The third-order valence-electron chi connectivity index (χ3n) is 13.9. The van der Waals surface area contributed by atoms with Crippen LogP contribution in [0.25, 0.3) is 0 Å². The van der Waals surface area contributed by atoms with Gasteiger partial charge in [0.25, 0.3) is 6.29 Å². The monoisotopic (exact) mass is 1280 g/mol. The van der Waals surface area contributed by atoms with Gasteiger partial charge in [-0.3, -0.25) is 9.59 Å². The molecule has 93 heavy (non-hydrogen) atoms. The number of rotatable bonds is 62. The van der Waals surface area contributed by atoms with E-state index in [9.17, 15) is 19.5 Å². The van der Waals surface area contributed by atoms with E-state index in [0.29, 0.717) is 23.9 Å². The van der Waals surface area contributed by atoms with Crippen LogP contribution < -0.4 is 0 Å². The average Bonchev–Trinajstić information content (AvgIpc) is 3.38. The molecule has 0 bridgehead atoms. The number of esters is 2. The second-order valence-electron chi connectivity index (χ2n) is 23.7. The summed E-state index contributed by atoms with van der Waals surface area (Å²) in [7, 11) is 5.94. The SMILES string of the molecule is CC/C=C\C/C=C\C/C=C\C/C=C\C/C=C\C/C=C\C/C=C\C/C=C\C/C=C\C/C=C\C/C=C\C/C=C\CCCCC(=O)OC(COC(=O)CCCCCCCCC/C=C\C/C=C\C/C=C\C/C=C\C/C=C\C/C=C\C/C=C\CC)COC(OCC[N+](C)(C)C)C(=O)O. The Morgan fingerprint density at radius 2 is 0.581 bits per heavy atom. The van der Waals surface area contributed by atoms with Crippen LogP contribution in [0.1, 0.15) is 219 Å². The summed E-state index contributed by atoms with van der Waals surface area (Å²) in [4.78, 5) is 37.6. The summed E-state index contributed by atoms with van der Waals surface area (Å²) in [6.45, 7) is 4.55. The summed E-state index contributed by atoms with van der Waals surface area (Å²) in [5.41, 5.74) is 0. The highest BCUT2D eigenvalue weighted by molar-refractivity contribution is 5.71. The zero-order valence-corrected chi connectivity index (χ0v) is 58.8. The van der Waals surface area contributed by atoms with Crippen molar-refractivity contribution in [3.8, 4) is 0 Å². The smallest absolute Gasteiger partial charge is 0.361 e. The maximum absolute atomic E-state index is 12.9. The van der Waals surface area contributed by atoms with E-state index in [1.165, 1.54) is 19.3 Å². The molecule has 0 aromatic carbocycles. The van der Waals surface area contributed by atoms with Crippen molar-refractivity contribution in [1.29, 1.82) is 0 Å². The predicted octanol–water partition coefficient (Wildman–Crippen LogP) is 22.7. The Morgan fingerprint density at radius 3 is 0.882 bits per heavy atom. The number of carbonyl (C=O) groups excluding carboxylic acids is 2. The van der Waals surface area contributed by atoms with Crippen LogP contribution in [0, 0.1) is 0 Å². The molecule has 0 fully saturated rings. The van der Waals surface area contributed by atoms with Gasteiger partial charge >= 0.3 is 17.9 Å². The molecule has 0 spiro atoms. The van der Waals surface area contributed by atoms with Crippen LogP contribution in [0.5, 0.6) is 0 Å². The number of carboxylic acids is 1. The number of hydrogen-bond acceptors (Lipinski definition) is 7. The van der Waals surface area contributed by atoms with E-state index in [4.69, 9.17) is 18.9 Å². The van der Waals surface area contributed by atoms with Crippen LogP contribution in [-0.4, -0.2) is 87.4 Å². The van der Waals surface area contributed by atoms with Crippen molar-refractivity contribution in [2.45, 2.75) is 232 Å². The maximum atomic E-state index is 12.9. The molecule has 0 aromatic rings. The molecular formula is C84H128NO8+. The van der Waals surface area contributed by atoms with Crippen LogP contribution >= 0.6 is 0 Å². The molecule has 0 saturated carbocycles. The first kappa shape index (κ1) is 86.4. The Labute approximate surface area is 568 Å². The van der Waals surface area contributed by atoms with Gasteiger partial charge in [0.05, 0.1) is 34.4 Å². The van der Waals surface area contributed by atoms with E-state index in [1.54, 1.807) is 0 Å². The fourth-order valence-corrected chi connectivity index (χ4v) is 8.56. The number of quaternary nitrogens is 1. The first-order valence-electron chi connectivity index (χ1n) is 35.5. The van der Waals surface area contributed by atoms with Crippen molar-refractivity contribution in [3.05, 3.63) is 231 Å². The molecule has 0 aliphatic carbocycles. The Morgan fingerprint density at radius 1 is 0.323 bits per heavy atom. The summed E-state index contributed by atoms with van der Waals surface area (Å²) < 4.78 is 22.9. The molecule has 0 aliphatic heterocycles. The van der Waals surface area contributed by atoms with Crippen LogP contribution in [0.15, 0.2) is 231 Å². The van der Waals surface area contributed by atoms with E-state index in [1.807, 2.05) is 21.1 Å². The highest BCUT2D eigenvalue weighted by Gasteiger charge is 2.25. The number of allylic oxidation sites excluding steroid dienone is 38. The molecular weight excluding hydrogens is 1150 g/mol. The van der Waals surface area contributed by atoms with Gasteiger partial charge in [-0.15, -0.1) is 0 Å². The van der Waals surface area contributed by atoms with Crippen molar-refractivity contribution < 1.29 is 42.9 Å². The zero-order valence-electron chi connectivity index (χ0n) is 58.8. The molecule has 2 atom stereocenters. The van der Waals surface area contributed by atoms with Gasteiger partial charge in [-0.2, -0.15) is 0 Å². The van der Waals surface area contributed by atoms with Crippen molar-refractivity contribution in [2.75, 3.05) is 47.5 Å². The lowest BCUT2D eigenvalue weighted by Crippen LogP contribution is -2.40. The van der Waals surface area contributed by atoms with E-state index < -0.39 is 24.3 Å². The van der Waals surface area contributed by atoms with Crippen molar-refractivity contribution in [3.63, 3.8) is 0 Å². The van der Waals surface area contributed by atoms with Gasteiger partial charge in [0, 0.05) is 12.8 Å². The number of carbonyl (C=O) groups is 3. The largest absolute Gasteiger partial charge is 0.477 e. The van der Waals surface area contributed by atoms with Gasteiger partial charge in [0.15, 0.2) is 6.10 Å². The van der Waals surface area contributed by atoms with Crippen LogP contribution in [0.4, 0.5) is 0 Å². The van der Waals surface area contributed by atoms with Gasteiger partial charge in [-0.05, 0) is 161 Å². The number of ether oxygens (including phenoxy) is 4. The number of likely N-dealkylation sites (N-methyl/N-ethyl adjacent to an activating group) is 1. The van der Waals surface area contributed by atoms with Crippen molar-refractivity contribution in [1.82, 2.24) is 0 Å². The van der Waals surface area contributed by atoms with E-state index in [2.05, 4.69) is 245 Å². The lowest BCUT2D eigenvalue weighted by molar-refractivity contribution is -0.870. The number of unbranched alkanes of at least 4 members (excludes halogenated alkanes) is 9. The Kier molecular flexibility index (Phi) is 66.1. The topological polar surface area (TPSA) is 108 Å². The molecule has 0 saturated heterocycles. The molecule has 516 valence electrons. The third kappa shape index (κ3) is 72.6. The Balaban J connectivity index is 4.33. The van der Waals surface area contributed by atoms with Gasteiger partial charge in [-0.1, -0.05) is 277 Å². The van der Waals surface area contributed by atoms with E-state index >= 15 is 0 Å². The molecule has 1 N–H and O–H groups in total. The average molecular weight is 1280 g/mol. The molecule has 0 rings (SSSR count). The number of aliphatic carboxylic acids is 1. The fourth-order valence-electron chi connectivity index (χ4n) is 8.56. The minimum atomic E-state index is -1.54. The Hall–Kier alpha value is -6.65. The summed E-state index contributed by atoms with van der Waals surface area (Å²) in [5.74, 6) is -2.11. The van der Waals surface area contributed by atoms with Gasteiger partial charge in [0.1, 0.15) is 13.2 Å². The lowest BCUT2D eigenvalue weighted by atomic mass is 10.1. The minimum Gasteiger partial charge on any atom is -0.477 e. The van der Waals surface area contributed by atoms with Crippen LogP contribution in [0.3, 0.4) is 0 Å². The fraction of sp³-hybridized carbons (Fsp3) is 0.512. The normalized spacial score (nSPS) is 14.1. The summed E-state index contributed by atoms with van der Waals surface area (Å²) in [5, 5.41) is 9.75. The maximum Gasteiger partial charge on any atom is 0.361 e. The summed E-state index contributed by atoms with van der Waals surface area (Å²) in [6, 6.07) is 0. The van der Waals surface area contributed by atoms with E-state index in [-0.39, 0.29) is 38.6 Å². The minimum absolute atomic E-state index is 0.163. The standard InChI is InChI=1S/C84H127NO8/c1-6-8-10-12-14-16-18-20-22-24-26-28-30-32-34-36-37-38-39-40-41-42-43-44-45-47-49-51-53-55-57-59-61-63-65-67-69-71-73-75-82(87)93-80(79-92-84(83(88)89)90-77-76-85(3,4)5)78-91-81(86)74-72-70-68-66-64-62-60-58-56-54-52-50-48-46-35-33-31-29-27-25-23-21-19-17-15-13-11-9-7-2/h8-11,14-17,20-23,26-29,32-35,37-38,40-41,43-44,47-50,53-56,59,61,65,67,80,84H,6-7,12-13,18-19,24-25,30-31,36,39,42,45-46,51-52,57-58,60,62-64,66,68-79H2,1-5H3/p+1/b10-8-,11-9-,16-14-,17-15-,22-20-,23-21-,28-26-,29-27-,34-32-,35-33-,38-37-,41-40-,44-43-,49-47-,50-48-,55-53-,56-54-,61-59-,67-65-. The molecule has 9 heteroatoms. The molecule has 0 heterocycles. The second kappa shape index (κ2) is 71.2.